The van der Waals surface area contributed by atoms with E-state index in [4.69, 9.17) is 15.1 Å². The molecule has 0 aliphatic heterocycles. The molecule has 5 nitrogen and oxygen atoms in total. The van der Waals surface area contributed by atoms with Gasteiger partial charge in [0.1, 0.15) is 11.8 Å². The second kappa shape index (κ2) is 6.18. The van der Waals surface area contributed by atoms with Crippen molar-refractivity contribution in [3.8, 4) is 11.8 Å². The van der Waals surface area contributed by atoms with Gasteiger partial charge in [0.15, 0.2) is 5.57 Å². The number of nitrogens with one attached hydrogen (secondary N) is 1. The molecule has 2 N–H and O–H groups in total. The molecule has 0 radical (unpaired) electrons. The predicted molar refractivity (Wildman–Crippen MR) is 62.1 cm³/mol. The van der Waals surface area contributed by atoms with Crippen molar-refractivity contribution in [1.29, 1.82) is 5.26 Å². The first-order valence-corrected chi connectivity index (χ1v) is 5.00. The number of carbonyl (C=O) groups is 1. The van der Waals surface area contributed by atoms with E-state index in [1.807, 2.05) is 0 Å². The van der Waals surface area contributed by atoms with Crippen molar-refractivity contribution >= 4 is 11.7 Å². The zero-order chi connectivity index (χ0) is 12.7. The predicted octanol–water partition coefficient (Wildman–Crippen LogP) is 1.77. The second-order valence-electron chi connectivity index (χ2n) is 3.08. The van der Waals surface area contributed by atoms with E-state index in [0.717, 1.165) is 0 Å². The summed E-state index contributed by atoms with van der Waals surface area (Å²) in [6.07, 6.45) is 1.27. The van der Waals surface area contributed by atoms with Gasteiger partial charge in [-0.3, -0.25) is 0 Å². The number of rotatable bonds is 4. The molecule has 0 atom stereocenters. The first-order valence-electron chi connectivity index (χ1n) is 5.00. The monoisotopic (exact) mass is 232 g/mol. The number of benzene rings is 1. The summed E-state index contributed by atoms with van der Waals surface area (Å²) in [7, 11) is 0. The van der Waals surface area contributed by atoms with Crippen molar-refractivity contribution in [2.75, 3.05) is 11.9 Å². The standard InChI is InChI=1S/C12H12N2O3/c1-2-17-12(16)9(7-13)8-14-10-3-5-11(15)6-4-10/h3-6,8,14-15H,2H2,1H3. The van der Waals surface area contributed by atoms with Crippen molar-refractivity contribution in [2.24, 2.45) is 0 Å². The van der Waals surface area contributed by atoms with Crippen LogP contribution in [0.1, 0.15) is 6.92 Å². The fraction of sp³-hybridized carbons (Fsp3) is 0.167. The lowest BCUT2D eigenvalue weighted by Gasteiger charge is -2.02. The number of nitrogens with zero attached hydrogens (tertiary/aromatic N) is 1. The van der Waals surface area contributed by atoms with Crippen LogP contribution in [0.4, 0.5) is 5.69 Å². The minimum Gasteiger partial charge on any atom is -0.508 e. The lowest BCUT2D eigenvalue weighted by molar-refractivity contribution is -0.138. The molecular formula is C12H12N2O3. The molecule has 0 unspecified atom stereocenters. The zero-order valence-corrected chi connectivity index (χ0v) is 9.30. The summed E-state index contributed by atoms with van der Waals surface area (Å²) in [5, 5.41) is 20.6. The highest BCUT2D eigenvalue weighted by atomic mass is 16.5. The Morgan fingerprint density at radius 1 is 1.53 bits per heavy atom. The summed E-state index contributed by atoms with van der Waals surface area (Å²) in [5.74, 6) is -0.522. The van der Waals surface area contributed by atoms with Gasteiger partial charge in [-0.25, -0.2) is 4.79 Å². The number of phenols is 1. The van der Waals surface area contributed by atoms with Crippen LogP contribution < -0.4 is 5.32 Å². The summed E-state index contributed by atoms with van der Waals surface area (Å²) in [6, 6.07) is 7.96. The number of ether oxygens (including phenoxy) is 1. The maximum Gasteiger partial charge on any atom is 0.350 e. The first kappa shape index (κ1) is 12.6. The third-order valence-corrected chi connectivity index (χ3v) is 1.87. The molecule has 0 saturated heterocycles. The van der Waals surface area contributed by atoms with Crippen LogP contribution in [0.2, 0.25) is 0 Å². The Labute approximate surface area is 98.9 Å². The van der Waals surface area contributed by atoms with Crippen LogP contribution in [-0.4, -0.2) is 17.7 Å². The Bertz CT molecular complexity index is 458. The van der Waals surface area contributed by atoms with E-state index in [1.54, 1.807) is 25.1 Å². The molecule has 0 aliphatic carbocycles. The molecule has 0 saturated carbocycles. The molecule has 0 amide bonds. The highest BCUT2D eigenvalue weighted by molar-refractivity contribution is 5.93. The fourth-order valence-corrected chi connectivity index (χ4v) is 1.06. The Balaban J connectivity index is 2.71. The highest BCUT2D eigenvalue weighted by Gasteiger charge is 2.08. The van der Waals surface area contributed by atoms with Gasteiger partial charge in [-0.1, -0.05) is 0 Å². The van der Waals surface area contributed by atoms with Crippen LogP contribution in [0.3, 0.4) is 0 Å². The zero-order valence-electron chi connectivity index (χ0n) is 9.30. The minimum absolute atomic E-state index is 0.111. The van der Waals surface area contributed by atoms with E-state index in [9.17, 15) is 4.79 Å². The van der Waals surface area contributed by atoms with E-state index in [0.29, 0.717) is 5.69 Å². The molecule has 0 aromatic heterocycles. The van der Waals surface area contributed by atoms with Crippen molar-refractivity contribution in [3.05, 3.63) is 36.0 Å². The van der Waals surface area contributed by atoms with E-state index in [-0.39, 0.29) is 17.9 Å². The molecule has 0 bridgehead atoms. The molecule has 1 aromatic carbocycles. The second-order valence-corrected chi connectivity index (χ2v) is 3.08. The molecule has 1 rings (SSSR count). The number of hydrogen-bond acceptors (Lipinski definition) is 5. The Kier molecular flexibility index (Phi) is 4.58. The number of carbonyl (C=O) groups excluding carboxylic acids is 1. The van der Waals surface area contributed by atoms with Crippen molar-refractivity contribution in [3.63, 3.8) is 0 Å². The van der Waals surface area contributed by atoms with Crippen LogP contribution in [0, 0.1) is 11.3 Å². The van der Waals surface area contributed by atoms with Crippen LogP contribution in [0.15, 0.2) is 36.0 Å². The average Bonchev–Trinajstić information content (AvgIpc) is 2.32. The third-order valence-electron chi connectivity index (χ3n) is 1.87. The van der Waals surface area contributed by atoms with Crippen LogP contribution in [0.25, 0.3) is 0 Å². The Morgan fingerprint density at radius 2 is 2.18 bits per heavy atom. The van der Waals surface area contributed by atoms with Crippen molar-refractivity contribution in [2.45, 2.75) is 6.92 Å². The maximum atomic E-state index is 11.3. The SMILES string of the molecule is CCOC(=O)C(C#N)=CNc1ccc(O)cc1. The van der Waals surface area contributed by atoms with Gasteiger partial charge in [-0.15, -0.1) is 0 Å². The van der Waals surface area contributed by atoms with Gasteiger partial charge in [-0.05, 0) is 31.2 Å². The smallest absolute Gasteiger partial charge is 0.350 e. The van der Waals surface area contributed by atoms with E-state index in [1.165, 1.54) is 18.3 Å². The van der Waals surface area contributed by atoms with E-state index in [2.05, 4.69) is 5.32 Å². The molecular weight excluding hydrogens is 220 g/mol. The van der Waals surface area contributed by atoms with Gasteiger partial charge in [0.2, 0.25) is 0 Å². The quantitative estimate of drug-likeness (QED) is 0.358. The van der Waals surface area contributed by atoms with Gasteiger partial charge < -0.3 is 15.2 Å². The first-order chi connectivity index (χ1) is 8.17. The number of esters is 1. The third kappa shape index (κ3) is 3.87. The number of phenolic OH excluding ortho intramolecular Hbond substituents is 1. The van der Waals surface area contributed by atoms with E-state index < -0.39 is 5.97 Å². The van der Waals surface area contributed by atoms with Gasteiger partial charge in [0.25, 0.3) is 0 Å². The summed E-state index contributed by atoms with van der Waals surface area (Å²) < 4.78 is 4.69. The number of hydrogen-bond donors (Lipinski definition) is 2. The Morgan fingerprint density at radius 3 is 2.71 bits per heavy atom. The van der Waals surface area contributed by atoms with Crippen LogP contribution in [0.5, 0.6) is 5.75 Å². The van der Waals surface area contributed by atoms with Gasteiger partial charge in [0, 0.05) is 11.9 Å². The summed E-state index contributed by atoms with van der Waals surface area (Å²) in [5.41, 5.74) is 0.541. The maximum absolute atomic E-state index is 11.3. The van der Waals surface area contributed by atoms with Gasteiger partial charge in [-0.2, -0.15) is 5.26 Å². The normalized spacial score (nSPS) is 10.5. The molecule has 88 valence electrons. The molecule has 0 spiro atoms. The van der Waals surface area contributed by atoms with Crippen molar-refractivity contribution < 1.29 is 14.6 Å². The van der Waals surface area contributed by atoms with Gasteiger partial charge in [0.05, 0.1) is 6.61 Å². The lowest BCUT2D eigenvalue weighted by Crippen LogP contribution is -2.07. The molecule has 5 heteroatoms. The van der Waals surface area contributed by atoms with Crippen LogP contribution >= 0.6 is 0 Å². The molecule has 0 heterocycles. The van der Waals surface area contributed by atoms with E-state index >= 15 is 0 Å². The minimum atomic E-state index is -0.665. The topological polar surface area (TPSA) is 82.4 Å². The Hall–Kier alpha value is -2.48. The largest absolute Gasteiger partial charge is 0.508 e. The van der Waals surface area contributed by atoms with Gasteiger partial charge >= 0.3 is 5.97 Å². The number of anilines is 1. The molecule has 0 fully saturated rings. The van der Waals surface area contributed by atoms with Crippen LogP contribution in [-0.2, 0) is 9.53 Å². The lowest BCUT2D eigenvalue weighted by atomic mass is 10.3. The summed E-state index contributed by atoms with van der Waals surface area (Å²) >= 11 is 0. The number of nitriles is 1. The average molecular weight is 232 g/mol. The summed E-state index contributed by atoms with van der Waals surface area (Å²) in [6.45, 7) is 1.89. The number of aromatic hydroxyl groups is 1. The summed E-state index contributed by atoms with van der Waals surface area (Å²) in [4.78, 5) is 11.3. The highest BCUT2D eigenvalue weighted by Crippen LogP contribution is 2.14. The molecule has 0 aliphatic rings. The fourth-order valence-electron chi connectivity index (χ4n) is 1.06. The molecule has 17 heavy (non-hydrogen) atoms. The molecule has 1 aromatic rings. The van der Waals surface area contributed by atoms with Crippen molar-refractivity contribution in [1.82, 2.24) is 0 Å².